The molecule has 7 heteroatoms. The standard InChI is InChI=1S/C6H12BrNO4S/c1-12-6(9)3-2-4-8-13(10,11)5-7/h8H,2-5H2,1H3. The van der Waals surface area contributed by atoms with E-state index in [0.29, 0.717) is 6.42 Å². The average Bonchev–Trinajstić information content (AvgIpc) is 2.12. The largest absolute Gasteiger partial charge is 0.469 e. The van der Waals surface area contributed by atoms with Crippen LogP contribution in [0.15, 0.2) is 0 Å². The minimum Gasteiger partial charge on any atom is -0.469 e. The van der Waals surface area contributed by atoms with E-state index in [1.165, 1.54) is 7.11 Å². The van der Waals surface area contributed by atoms with Crippen LogP contribution >= 0.6 is 15.9 Å². The third-order valence-corrected chi connectivity index (χ3v) is 3.99. The van der Waals surface area contributed by atoms with Crippen LogP contribution in [0.1, 0.15) is 12.8 Å². The first-order valence-electron chi connectivity index (χ1n) is 3.62. The number of carbonyl (C=O) groups is 1. The van der Waals surface area contributed by atoms with Crippen LogP contribution in [0.2, 0.25) is 0 Å². The molecule has 0 atom stereocenters. The fourth-order valence-corrected chi connectivity index (χ4v) is 1.62. The lowest BCUT2D eigenvalue weighted by Gasteiger charge is -2.02. The van der Waals surface area contributed by atoms with Gasteiger partial charge in [-0.1, -0.05) is 15.9 Å². The van der Waals surface area contributed by atoms with Crippen molar-refractivity contribution in [3.63, 3.8) is 0 Å². The number of carbonyl (C=O) groups excluding carboxylic acids is 1. The van der Waals surface area contributed by atoms with E-state index in [2.05, 4.69) is 25.4 Å². The van der Waals surface area contributed by atoms with Crippen molar-refractivity contribution >= 4 is 31.9 Å². The summed E-state index contributed by atoms with van der Waals surface area (Å²) < 4.78 is 28.2. The molecular formula is C6H12BrNO4S. The molecule has 0 fully saturated rings. The molecule has 5 nitrogen and oxygen atoms in total. The predicted octanol–water partition coefficient (Wildman–Crippen LogP) is 0.211. The normalized spacial score (nSPS) is 11.2. The minimum atomic E-state index is -3.21. The monoisotopic (exact) mass is 273 g/mol. The molecule has 0 heterocycles. The molecular weight excluding hydrogens is 262 g/mol. The summed E-state index contributed by atoms with van der Waals surface area (Å²) in [4.78, 5) is 10.6. The Morgan fingerprint density at radius 1 is 1.54 bits per heavy atom. The summed E-state index contributed by atoms with van der Waals surface area (Å²) in [7, 11) is -1.91. The first-order chi connectivity index (χ1) is 6.02. The van der Waals surface area contributed by atoms with Gasteiger partial charge in [0.25, 0.3) is 0 Å². The minimum absolute atomic E-state index is 0.127. The first kappa shape index (κ1) is 12.9. The number of methoxy groups -OCH3 is 1. The van der Waals surface area contributed by atoms with Gasteiger partial charge in [0.2, 0.25) is 10.0 Å². The van der Waals surface area contributed by atoms with E-state index < -0.39 is 10.0 Å². The Hall–Kier alpha value is -0.140. The summed E-state index contributed by atoms with van der Waals surface area (Å²) in [5.41, 5.74) is 0. The maximum absolute atomic E-state index is 10.8. The van der Waals surface area contributed by atoms with Crippen molar-refractivity contribution in [2.75, 3.05) is 18.3 Å². The second kappa shape index (κ2) is 6.33. The van der Waals surface area contributed by atoms with Gasteiger partial charge < -0.3 is 4.74 Å². The summed E-state index contributed by atoms with van der Waals surface area (Å²) >= 11 is 2.82. The Morgan fingerprint density at radius 2 is 2.15 bits per heavy atom. The maximum atomic E-state index is 10.8. The van der Waals surface area contributed by atoms with Gasteiger partial charge >= 0.3 is 5.97 Å². The molecule has 1 N–H and O–H groups in total. The Kier molecular flexibility index (Phi) is 6.27. The summed E-state index contributed by atoms with van der Waals surface area (Å²) in [5.74, 6) is -0.335. The van der Waals surface area contributed by atoms with Gasteiger partial charge in [0.05, 0.1) is 7.11 Å². The topological polar surface area (TPSA) is 72.5 Å². The molecule has 0 aliphatic rings. The number of hydrogen-bond acceptors (Lipinski definition) is 4. The van der Waals surface area contributed by atoms with Crippen molar-refractivity contribution in [2.45, 2.75) is 12.8 Å². The predicted molar refractivity (Wildman–Crippen MR) is 52.0 cm³/mol. The Bertz CT molecular complexity index is 251. The van der Waals surface area contributed by atoms with Crippen LogP contribution < -0.4 is 4.72 Å². The molecule has 0 aliphatic carbocycles. The summed E-state index contributed by atoms with van der Waals surface area (Å²) in [6, 6.07) is 0. The van der Waals surface area contributed by atoms with Crippen LogP contribution in [-0.2, 0) is 19.6 Å². The lowest BCUT2D eigenvalue weighted by molar-refractivity contribution is -0.140. The first-order valence-corrected chi connectivity index (χ1v) is 6.39. The zero-order valence-corrected chi connectivity index (χ0v) is 9.65. The van der Waals surface area contributed by atoms with Crippen LogP contribution in [0.5, 0.6) is 0 Å². The van der Waals surface area contributed by atoms with E-state index in [9.17, 15) is 13.2 Å². The average molecular weight is 274 g/mol. The van der Waals surface area contributed by atoms with Gasteiger partial charge in [0.15, 0.2) is 0 Å². The third kappa shape index (κ3) is 6.97. The molecule has 0 radical (unpaired) electrons. The number of sulfonamides is 1. The summed E-state index contributed by atoms with van der Waals surface area (Å²) in [6.07, 6.45) is 0.667. The molecule has 0 amide bonds. The van der Waals surface area contributed by atoms with Crippen LogP contribution in [0.3, 0.4) is 0 Å². The Morgan fingerprint density at radius 3 is 2.62 bits per heavy atom. The van der Waals surface area contributed by atoms with E-state index >= 15 is 0 Å². The van der Waals surface area contributed by atoms with Crippen LogP contribution in [0, 0.1) is 0 Å². The number of hydrogen-bond donors (Lipinski definition) is 1. The van der Waals surface area contributed by atoms with Crippen molar-refractivity contribution in [1.29, 1.82) is 0 Å². The van der Waals surface area contributed by atoms with Gasteiger partial charge in [0, 0.05) is 13.0 Å². The van der Waals surface area contributed by atoms with Crippen molar-refractivity contribution in [3.05, 3.63) is 0 Å². The highest BCUT2D eigenvalue weighted by Crippen LogP contribution is 1.94. The van der Waals surface area contributed by atoms with E-state index in [-0.39, 0.29) is 23.6 Å². The number of ether oxygens (including phenoxy) is 1. The van der Waals surface area contributed by atoms with Gasteiger partial charge in [-0.15, -0.1) is 0 Å². The highest BCUT2D eigenvalue weighted by Gasteiger charge is 2.06. The van der Waals surface area contributed by atoms with Crippen molar-refractivity contribution in [2.24, 2.45) is 0 Å². The number of rotatable bonds is 6. The number of esters is 1. The molecule has 0 aromatic carbocycles. The fraction of sp³-hybridized carbons (Fsp3) is 0.833. The summed E-state index contributed by atoms with van der Waals surface area (Å²) in [6.45, 7) is 0.253. The molecule has 0 rings (SSSR count). The lowest BCUT2D eigenvalue weighted by atomic mass is 10.3. The quantitative estimate of drug-likeness (QED) is 0.427. The highest BCUT2D eigenvalue weighted by atomic mass is 79.9. The Balaban J connectivity index is 3.52. The third-order valence-electron chi connectivity index (χ3n) is 1.25. The van der Waals surface area contributed by atoms with Gasteiger partial charge in [-0.25, -0.2) is 13.1 Å². The summed E-state index contributed by atoms with van der Waals surface area (Å²) in [5, 5.41) is 0. The fourth-order valence-electron chi connectivity index (χ4n) is 0.601. The molecule has 0 saturated heterocycles. The molecule has 0 aliphatic heterocycles. The van der Waals surface area contributed by atoms with E-state index in [4.69, 9.17) is 0 Å². The van der Waals surface area contributed by atoms with E-state index in [1.807, 2.05) is 0 Å². The van der Waals surface area contributed by atoms with Gasteiger partial charge in [-0.2, -0.15) is 0 Å². The van der Waals surface area contributed by atoms with Crippen LogP contribution in [0.4, 0.5) is 0 Å². The van der Waals surface area contributed by atoms with Gasteiger partial charge in [0.1, 0.15) is 4.66 Å². The number of nitrogens with one attached hydrogen (secondary N) is 1. The van der Waals surface area contributed by atoms with Crippen molar-refractivity contribution in [3.8, 4) is 0 Å². The zero-order chi connectivity index (χ0) is 10.3. The van der Waals surface area contributed by atoms with Gasteiger partial charge in [-0.3, -0.25) is 4.79 Å². The highest BCUT2D eigenvalue weighted by molar-refractivity contribution is 9.10. The molecule has 0 aromatic heterocycles. The van der Waals surface area contributed by atoms with Crippen molar-refractivity contribution < 1.29 is 17.9 Å². The molecule has 13 heavy (non-hydrogen) atoms. The molecule has 0 bridgehead atoms. The van der Waals surface area contributed by atoms with Crippen molar-refractivity contribution in [1.82, 2.24) is 4.72 Å². The molecule has 0 aromatic rings. The van der Waals surface area contributed by atoms with E-state index in [1.54, 1.807) is 0 Å². The molecule has 0 spiro atoms. The maximum Gasteiger partial charge on any atom is 0.305 e. The zero-order valence-electron chi connectivity index (χ0n) is 7.25. The van der Waals surface area contributed by atoms with E-state index in [0.717, 1.165) is 0 Å². The molecule has 0 saturated carbocycles. The van der Waals surface area contributed by atoms with Gasteiger partial charge in [-0.05, 0) is 6.42 Å². The lowest BCUT2D eigenvalue weighted by Crippen LogP contribution is -2.25. The van der Waals surface area contributed by atoms with Crippen LogP contribution in [0.25, 0.3) is 0 Å². The molecule has 0 unspecified atom stereocenters. The second-order valence-corrected chi connectivity index (χ2v) is 5.41. The number of halogens is 1. The Labute approximate surface area is 86.0 Å². The SMILES string of the molecule is COC(=O)CCCNS(=O)(=O)CBr. The van der Waals surface area contributed by atoms with Crippen LogP contribution in [-0.4, -0.2) is 32.7 Å². The smallest absolute Gasteiger partial charge is 0.305 e. The second-order valence-electron chi connectivity index (χ2n) is 2.30. The number of alkyl halides is 1. The molecule has 78 valence electrons.